The number of carbonyl (C=O) groups excluding carboxylic acids is 2. The van der Waals surface area contributed by atoms with E-state index in [0.717, 1.165) is 24.2 Å². The number of halogens is 2. The number of benzene rings is 2. The molecule has 1 saturated heterocycles. The molecule has 0 spiro atoms. The molecule has 0 aliphatic carbocycles. The SMILES string of the molecule is COc1cccc(C2CCCN2C(=O)CNC(=O)c2ccc(Cl)c(Cl)c2)c1. The molecule has 1 atom stereocenters. The van der Waals surface area contributed by atoms with Crippen molar-refractivity contribution in [2.24, 2.45) is 0 Å². The van der Waals surface area contributed by atoms with E-state index in [0.29, 0.717) is 22.2 Å². The van der Waals surface area contributed by atoms with Crippen LogP contribution in [0.5, 0.6) is 5.75 Å². The molecular weight excluding hydrogens is 387 g/mol. The molecule has 1 fully saturated rings. The number of rotatable bonds is 5. The fourth-order valence-electron chi connectivity index (χ4n) is 3.26. The van der Waals surface area contributed by atoms with Crippen LogP contribution < -0.4 is 10.1 Å². The van der Waals surface area contributed by atoms with E-state index in [-0.39, 0.29) is 24.4 Å². The Hall–Kier alpha value is -2.24. The van der Waals surface area contributed by atoms with Crippen LogP contribution in [0.25, 0.3) is 0 Å². The number of hydrogen-bond acceptors (Lipinski definition) is 3. The minimum absolute atomic E-state index is 0.00511. The number of carbonyl (C=O) groups is 2. The van der Waals surface area contributed by atoms with Crippen molar-refractivity contribution in [3.63, 3.8) is 0 Å². The smallest absolute Gasteiger partial charge is 0.251 e. The van der Waals surface area contributed by atoms with Crippen molar-refractivity contribution in [2.75, 3.05) is 20.2 Å². The molecule has 3 rings (SSSR count). The summed E-state index contributed by atoms with van der Waals surface area (Å²) in [4.78, 5) is 26.7. The maximum atomic E-state index is 12.7. The van der Waals surface area contributed by atoms with Gasteiger partial charge in [0.2, 0.25) is 5.91 Å². The molecule has 2 aromatic rings. The molecule has 5 nitrogen and oxygen atoms in total. The van der Waals surface area contributed by atoms with Gasteiger partial charge >= 0.3 is 0 Å². The van der Waals surface area contributed by atoms with Gasteiger partial charge in [-0.2, -0.15) is 0 Å². The number of likely N-dealkylation sites (tertiary alicyclic amines) is 1. The lowest BCUT2D eigenvalue weighted by Crippen LogP contribution is -2.39. The van der Waals surface area contributed by atoms with E-state index >= 15 is 0 Å². The quantitative estimate of drug-likeness (QED) is 0.812. The summed E-state index contributed by atoms with van der Waals surface area (Å²) in [6.45, 7) is 0.600. The molecule has 0 saturated carbocycles. The van der Waals surface area contributed by atoms with Crippen LogP contribution in [-0.2, 0) is 4.79 Å². The Morgan fingerprint density at radius 2 is 2.00 bits per heavy atom. The summed E-state index contributed by atoms with van der Waals surface area (Å²) in [5.74, 6) is 0.285. The average Bonchev–Trinajstić information content (AvgIpc) is 3.18. The van der Waals surface area contributed by atoms with Crippen molar-refractivity contribution in [3.8, 4) is 5.75 Å². The Balaban J connectivity index is 1.64. The van der Waals surface area contributed by atoms with E-state index in [4.69, 9.17) is 27.9 Å². The number of amides is 2. The van der Waals surface area contributed by atoms with Gasteiger partial charge in [-0.15, -0.1) is 0 Å². The van der Waals surface area contributed by atoms with Gasteiger partial charge in [0.15, 0.2) is 0 Å². The third-order valence-electron chi connectivity index (χ3n) is 4.63. The summed E-state index contributed by atoms with van der Waals surface area (Å²) in [5, 5.41) is 3.34. The highest BCUT2D eigenvalue weighted by Gasteiger charge is 2.30. The predicted molar refractivity (Wildman–Crippen MR) is 105 cm³/mol. The van der Waals surface area contributed by atoms with Gasteiger partial charge in [0.05, 0.1) is 29.7 Å². The van der Waals surface area contributed by atoms with Gasteiger partial charge in [-0.1, -0.05) is 35.3 Å². The largest absolute Gasteiger partial charge is 0.497 e. The number of hydrogen-bond donors (Lipinski definition) is 1. The van der Waals surface area contributed by atoms with Gasteiger partial charge in [0.25, 0.3) is 5.91 Å². The molecule has 1 aliphatic heterocycles. The van der Waals surface area contributed by atoms with E-state index < -0.39 is 0 Å². The van der Waals surface area contributed by atoms with Gasteiger partial charge < -0.3 is 15.0 Å². The fourth-order valence-corrected chi connectivity index (χ4v) is 3.56. The number of nitrogens with one attached hydrogen (secondary N) is 1. The monoisotopic (exact) mass is 406 g/mol. The first kappa shape index (κ1) is 19.5. The van der Waals surface area contributed by atoms with Crippen molar-refractivity contribution in [3.05, 3.63) is 63.6 Å². The highest BCUT2D eigenvalue weighted by Crippen LogP contribution is 2.33. The molecule has 1 N–H and O–H groups in total. The standard InChI is InChI=1S/C20H20Cl2N2O3/c1-27-15-5-2-4-13(10-15)18-6-3-9-24(18)19(25)12-23-20(26)14-7-8-16(21)17(22)11-14/h2,4-5,7-8,10-11,18H,3,6,9,12H2,1H3,(H,23,26). The topological polar surface area (TPSA) is 58.6 Å². The van der Waals surface area contributed by atoms with E-state index in [1.54, 1.807) is 19.2 Å². The van der Waals surface area contributed by atoms with Crippen molar-refractivity contribution >= 4 is 35.0 Å². The van der Waals surface area contributed by atoms with Gasteiger partial charge in [0, 0.05) is 12.1 Å². The summed E-state index contributed by atoms with van der Waals surface area (Å²) in [5.41, 5.74) is 1.40. The fraction of sp³-hybridized carbons (Fsp3) is 0.300. The van der Waals surface area contributed by atoms with Gasteiger partial charge in [-0.3, -0.25) is 9.59 Å². The van der Waals surface area contributed by atoms with E-state index in [1.807, 2.05) is 29.2 Å². The van der Waals surface area contributed by atoms with Crippen LogP contribution in [0.15, 0.2) is 42.5 Å². The van der Waals surface area contributed by atoms with Gasteiger partial charge in [0.1, 0.15) is 5.75 Å². The van der Waals surface area contributed by atoms with Crippen molar-refractivity contribution in [1.29, 1.82) is 0 Å². The first-order valence-corrected chi connectivity index (χ1v) is 9.42. The lowest BCUT2D eigenvalue weighted by molar-refractivity contribution is -0.131. The predicted octanol–water partition coefficient (Wildman–Crippen LogP) is 4.10. The molecule has 27 heavy (non-hydrogen) atoms. The number of ether oxygens (including phenoxy) is 1. The molecule has 0 bridgehead atoms. The Bertz CT molecular complexity index is 857. The lowest BCUT2D eigenvalue weighted by Gasteiger charge is -2.25. The molecule has 0 radical (unpaired) electrons. The Morgan fingerprint density at radius 1 is 1.19 bits per heavy atom. The highest BCUT2D eigenvalue weighted by atomic mass is 35.5. The Labute approximate surface area is 168 Å². The zero-order valence-electron chi connectivity index (χ0n) is 14.9. The molecule has 142 valence electrons. The zero-order valence-corrected chi connectivity index (χ0v) is 16.4. The lowest BCUT2D eigenvalue weighted by atomic mass is 10.0. The third-order valence-corrected chi connectivity index (χ3v) is 5.37. The Kier molecular flexibility index (Phi) is 6.24. The van der Waals surface area contributed by atoms with Crippen LogP contribution in [0.3, 0.4) is 0 Å². The molecule has 7 heteroatoms. The second-order valence-electron chi connectivity index (χ2n) is 6.33. The third kappa shape index (κ3) is 4.54. The second-order valence-corrected chi connectivity index (χ2v) is 7.15. The van der Waals surface area contributed by atoms with E-state index in [1.165, 1.54) is 6.07 Å². The molecule has 1 aliphatic rings. The summed E-state index contributed by atoms with van der Waals surface area (Å²) in [7, 11) is 1.62. The maximum Gasteiger partial charge on any atom is 0.251 e. The van der Waals surface area contributed by atoms with Crippen LogP contribution >= 0.6 is 23.2 Å². The van der Waals surface area contributed by atoms with Crippen molar-refractivity contribution < 1.29 is 14.3 Å². The van der Waals surface area contributed by atoms with Crippen LogP contribution in [0.4, 0.5) is 0 Å². The molecule has 1 heterocycles. The zero-order chi connectivity index (χ0) is 19.4. The second kappa shape index (κ2) is 8.63. The summed E-state index contributed by atoms with van der Waals surface area (Å²) < 4.78 is 5.28. The summed E-state index contributed by atoms with van der Waals surface area (Å²) in [6.07, 6.45) is 1.81. The highest BCUT2D eigenvalue weighted by molar-refractivity contribution is 6.42. The first-order chi connectivity index (χ1) is 13.0. The maximum absolute atomic E-state index is 12.7. The van der Waals surface area contributed by atoms with Crippen molar-refractivity contribution in [1.82, 2.24) is 10.2 Å². The summed E-state index contributed by atoms with van der Waals surface area (Å²) in [6, 6.07) is 12.3. The molecule has 0 aromatic heterocycles. The molecule has 1 unspecified atom stereocenters. The minimum Gasteiger partial charge on any atom is -0.497 e. The van der Waals surface area contributed by atoms with Gasteiger partial charge in [-0.05, 0) is 48.7 Å². The van der Waals surface area contributed by atoms with E-state index in [2.05, 4.69) is 5.32 Å². The average molecular weight is 407 g/mol. The molecule has 2 amide bonds. The number of nitrogens with zero attached hydrogens (tertiary/aromatic N) is 1. The van der Waals surface area contributed by atoms with E-state index in [9.17, 15) is 9.59 Å². The van der Waals surface area contributed by atoms with Crippen LogP contribution in [-0.4, -0.2) is 36.9 Å². The van der Waals surface area contributed by atoms with Gasteiger partial charge in [-0.25, -0.2) is 0 Å². The number of methoxy groups -OCH3 is 1. The first-order valence-electron chi connectivity index (χ1n) is 8.66. The van der Waals surface area contributed by atoms with Crippen LogP contribution in [0.1, 0.15) is 34.8 Å². The summed E-state index contributed by atoms with van der Waals surface area (Å²) >= 11 is 11.8. The Morgan fingerprint density at radius 3 is 2.74 bits per heavy atom. The minimum atomic E-state index is -0.362. The van der Waals surface area contributed by atoms with Crippen LogP contribution in [0.2, 0.25) is 10.0 Å². The van der Waals surface area contributed by atoms with Crippen LogP contribution in [0, 0.1) is 0 Å². The molecular formula is C20H20Cl2N2O3. The van der Waals surface area contributed by atoms with Crippen molar-refractivity contribution in [2.45, 2.75) is 18.9 Å². The normalized spacial score (nSPS) is 16.3. The molecule has 2 aromatic carbocycles.